The maximum Gasteiger partial charge on any atom is 0.337 e. The third-order valence-electron chi connectivity index (χ3n) is 9.21. The topological polar surface area (TPSA) is 92.2 Å². The van der Waals surface area contributed by atoms with Gasteiger partial charge in [0.25, 0.3) is 5.91 Å². The summed E-state index contributed by atoms with van der Waals surface area (Å²) in [6, 6.07) is 28.4. The van der Waals surface area contributed by atoms with Crippen LogP contribution in [0.1, 0.15) is 57.8 Å². The highest BCUT2D eigenvalue weighted by Crippen LogP contribution is 2.41. The molecule has 0 bridgehead atoms. The lowest BCUT2D eigenvalue weighted by Gasteiger charge is -2.20. The molecule has 0 spiro atoms. The lowest BCUT2D eigenvalue weighted by atomic mass is 9.99. The van der Waals surface area contributed by atoms with Crippen molar-refractivity contribution in [2.45, 2.75) is 32.4 Å². The van der Waals surface area contributed by atoms with E-state index in [9.17, 15) is 9.59 Å². The van der Waals surface area contributed by atoms with Gasteiger partial charge in [0, 0.05) is 44.3 Å². The van der Waals surface area contributed by atoms with Gasteiger partial charge in [0.1, 0.15) is 5.69 Å². The van der Waals surface area contributed by atoms with E-state index >= 15 is 0 Å². The Hall–Kier alpha value is -4.89. The van der Waals surface area contributed by atoms with Crippen LogP contribution in [0.25, 0.3) is 33.4 Å². The van der Waals surface area contributed by atoms with Crippen molar-refractivity contribution in [2.75, 3.05) is 25.5 Å². The number of ether oxygens (including phenoxy) is 1. The molecule has 6 aromatic rings. The van der Waals surface area contributed by atoms with Gasteiger partial charge >= 0.3 is 5.97 Å². The third-order valence-corrected chi connectivity index (χ3v) is 9.69. The van der Waals surface area contributed by atoms with E-state index in [0.717, 1.165) is 59.4 Å². The minimum Gasteiger partial charge on any atom is -0.465 e. The molecular formula is C39H35Cl2N5O3. The molecule has 49 heavy (non-hydrogen) atoms. The van der Waals surface area contributed by atoms with E-state index in [4.69, 9.17) is 32.9 Å². The number of H-pyrrole nitrogens is 1. The number of anilines is 1. The Morgan fingerprint density at radius 1 is 0.939 bits per heavy atom. The highest BCUT2D eigenvalue weighted by Gasteiger charge is 2.28. The number of methoxy groups -OCH3 is 1. The van der Waals surface area contributed by atoms with Crippen molar-refractivity contribution < 1.29 is 14.3 Å². The highest BCUT2D eigenvalue weighted by molar-refractivity contribution is 6.31. The van der Waals surface area contributed by atoms with Crippen molar-refractivity contribution in [1.82, 2.24) is 19.4 Å². The van der Waals surface area contributed by atoms with E-state index in [0.29, 0.717) is 44.6 Å². The average molecular weight is 693 g/mol. The second-order valence-electron chi connectivity index (χ2n) is 12.3. The number of hydrogen-bond acceptors (Lipinski definition) is 5. The third kappa shape index (κ3) is 6.59. The van der Waals surface area contributed by atoms with E-state index in [1.54, 1.807) is 12.1 Å². The van der Waals surface area contributed by atoms with Crippen molar-refractivity contribution in [1.29, 1.82) is 0 Å². The summed E-state index contributed by atoms with van der Waals surface area (Å²) in [5, 5.41) is 5.17. The van der Waals surface area contributed by atoms with Crippen LogP contribution in [0, 0.1) is 0 Å². The van der Waals surface area contributed by atoms with E-state index in [2.05, 4.69) is 26.7 Å². The molecule has 1 aliphatic rings. The van der Waals surface area contributed by atoms with Crippen molar-refractivity contribution in [3.05, 3.63) is 130 Å². The monoisotopic (exact) mass is 691 g/mol. The molecule has 1 aliphatic heterocycles. The predicted molar refractivity (Wildman–Crippen MR) is 195 cm³/mol. The van der Waals surface area contributed by atoms with Crippen LogP contribution in [0.4, 0.5) is 5.69 Å². The second kappa shape index (κ2) is 13.9. The molecule has 3 heterocycles. The van der Waals surface area contributed by atoms with E-state index in [1.807, 2.05) is 85.2 Å². The first kappa shape index (κ1) is 32.6. The number of benzene rings is 4. The first-order valence-electron chi connectivity index (χ1n) is 16.2. The highest BCUT2D eigenvalue weighted by atomic mass is 35.5. The molecule has 2 N–H and O–H groups in total. The molecule has 1 saturated heterocycles. The van der Waals surface area contributed by atoms with Crippen LogP contribution in [-0.4, -0.2) is 51.5 Å². The van der Waals surface area contributed by atoms with E-state index < -0.39 is 5.97 Å². The Labute approximate surface area is 294 Å². The number of carbonyl (C=O) groups is 2. The van der Waals surface area contributed by atoms with Crippen LogP contribution in [-0.2, 0) is 11.3 Å². The normalized spacial score (nSPS) is 13.9. The van der Waals surface area contributed by atoms with Gasteiger partial charge in [0.2, 0.25) is 0 Å². The van der Waals surface area contributed by atoms with E-state index in [-0.39, 0.29) is 11.9 Å². The SMILES string of the molecule is COC(=O)c1ccc(CN2CCCC2)c(NC(=O)c2[nH]c3cc(Cl)ccc3c2-c2c(-c3ccccc3)ncn2C(C)c2ccc(Cl)cc2)c1. The fourth-order valence-corrected chi connectivity index (χ4v) is 6.94. The molecule has 1 fully saturated rings. The average Bonchev–Trinajstić information content (AvgIpc) is 3.88. The number of nitrogens with one attached hydrogen (secondary N) is 2. The summed E-state index contributed by atoms with van der Waals surface area (Å²) in [4.78, 5) is 37.9. The van der Waals surface area contributed by atoms with Crippen LogP contribution in [0.15, 0.2) is 97.3 Å². The lowest BCUT2D eigenvalue weighted by molar-refractivity contribution is 0.0600. The van der Waals surface area contributed by atoms with Crippen LogP contribution < -0.4 is 5.32 Å². The first-order valence-corrected chi connectivity index (χ1v) is 17.0. The van der Waals surface area contributed by atoms with Gasteiger partial charge in [-0.05, 0) is 80.4 Å². The number of aromatic nitrogens is 3. The van der Waals surface area contributed by atoms with Gasteiger partial charge in [-0.3, -0.25) is 9.69 Å². The summed E-state index contributed by atoms with van der Waals surface area (Å²) in [6.45, 7) is 4.71. The Kier molecular flexibility index (Phi) is 9.27. The van der Waals surface area contributed by atoms with Crippen LogP contribution in [0.5, 0.6) is 0 Å². The molecule has 1 atom stereocenters. The molecule has 1 amide bonds. The Morgan fingerprint density at radius 2 is 1.67 bits per heavy atom. The van der Waals surface area contributed by atoms with Gasteiger partial charge in [0.05, 0.1) is 36.4 Å². The standard InChI is InChI=1S/C39H35Cl2N5O3/c1-24(25-12-14-29(40)15-13-25)46-23-42-35(26-8-4-3-5-9-26)37(46)34-31-17-16-30(41)21-33(31)43-36(34)38(47)44-32-20-27(39(48)49-2)10-11-28(32)22-45-18-6-7-19-45/h3-5,8-17,20-21,23-24,43H,6-7,18-19,22H2,1-2H3,(H,44,47). The summed E-state index contributed by atoms with van der Waals surface area (Å²) in [6.07, 6.45) is 4.09. The number of aromatic amines is 1. The summed E-state index contributed by atoms with van der Waals surface area (Å²) in [5.74, 6) is -0.838. The first-order chi connectivity index (χ1) is 23.8. The zero-order valence-corrected chi connectivity index (χ0v) is 28.7. The number of imidazole rings is 1. The number of nitrogens with zero attached hydrogens (tertiary/aromatic N) is 3. The quantitative estimate of drug-likeness (QED) is 0.148. The molecule has 4 aromatic carbocycles. The minimum atomic E-state index is -0.475. The number of amides is 1. The molecule has 8 nitrogen and oxygen atoms in total. The second-order valence-corrected chi connectivity index (χ2v) is 13.2. The molecule has 1 unspecified atom stereocenters. The Bertz CT molecular complexity index is 2150. The fraction of sp³-hybridized carbons (Fsp3) is 0.205. The number of halogens is 2. The van der Waals surface area contributed by atoms with Gasteiger partial charge in [0.15, 0.2) is 0 Å². The maximum atomic E-state index is 14.6. The van der Waals surface area contributed by atoms with Crippen LogP contribution in [0.2, 0.25) is 10.0 Å². The number of fused-ring (bicyclic) bond motifs is 1. The summed E-state index contributed by atoms with van der Waals surface area (Å²) >= 11 is 12.7. The number of hydrogen-bond donors (Lipinski definition) is 2. The molecule has 0 saturated carbocycles. The van der Waals surface area contributed by atoms with Gasteiger partial charge in [-0.2, -0.15) is 0 Å². The number of carbonyl (C=O) groups excluding carboxylic acids is 2. The van der Waals surface area contributed by atoms with Crippen molar-refractivity contribution >= 4 is 51.7 Å². The van der Waals surface area contributed by atoms with Gasteiger partial charge in [-0.15, -0.1) is 0 Å². The largest absolute Gasteiger partial charge is 0.465 e. The summed E-state index contributed by atoms with van der Waals surface area (Å²) in [5.41, 5.74) is 7.00. The molecular weight excluding hydrogens is 657 g/mol. The van der Waals surface area contributed by atoms with Crippen LogP contribution in [0.3, 0.4) is 0 Å². The maximum absolute atomic E-state index is 14.6. The minimum absolute atomic E-state index is 0.158. The molecule has 2 aromatic heterocycles. The van der Waals surface area contributed by atoms with Crippen molar-refractivity contribution in [3.8, 4) is 22.5 Å². The molecule has 0 radical (unpaired) electrons. The summed E-state index contributed by atoms with van der Waals surface area (Å²) in [7, 11) is 1.35. The molecule has 7 rings (SSSR count). The Balaban J connectivity index is 1.40. The van der Waals surface area contributed by atoms with Crippen LogP contribution >= 0.6 is 23.2 Å². The summed E-state index contributed by atoms with van der Waals surface area (Å²) < 4.78 is 7.10. The predicted octanol–water partition coefficient (Wildman–Crippen LogP) is 9.25. The van der Waals surface area contributed by atoms with E-state index in [1.165, 1.54) is 7.11 Å². The zero-order valence-electron chi connectivity index (χ0n) is 27.2. The lowest BCUT2D eigenvalue weighted by Crippen LogP contribution is -2.21. The molecule has 0 aliphatic carbocycles. The smallest absolute Gasteiger partial charge is 0.337 e. The number of rotatable bonds is 9. The fourth-order valence-electron chi connectivity index (χ4n) is 6.64. The molecule has 10 heteroatoms. The van der Waals surface area contributed by atoms with Crippen molar-refractivity contribution in [2.24, 2.45) is 0 Å². The Morgan fingerprint density at radius 3 is 2.41 bits per heavy atom. The van der Waals surface area contributed by atoms with Crippen molar-refractivity contribution in [3.63, 3.8) is 0 Å². The van der Waals surface area contributed by atoms with Gasteiger partial charge in [-0.1, -0.05) is 77.8 Å². The van der Waals surface area contributed by atoms with Gasteiger partial charge in [-0.25, -0.2) is 9.78 Å². The number of likely N-dealkylation sites (tertiary alicyclic amines) is 1. The van der Waals surface area contributed by atoms with Gasteiger partial charge < -0.3 is 19.6 Å². The zero-order chi connectivity index (χ0) is 34.1. The molecule has 248 valence electrons. The number of esters is 1.